The summed E-state index contributed by atoms with van der Waals surface area (Å²) in [4.78, 5) is 1.14. The third-order valence-corrected chi connectivity index (χ3v) is 3.22. The van der Waals surface area contributed by atoms with Gasteiger partial charge in [0.2, 0.25) is 0 Å². The highest BCUT2D eigenvalue weighted by molar-refractivity contribution is 8.04. The van der Waals surface area contributed by atoms with E-state index in [1.54, 1.807) is 18.9 Å². The normalized spacial score (nSPS) is 23.2. The van der Waals surface area contributed by atoms with Crippen LogP contribution in [0.1, 0.15) is 20.3 Å². The number of ether oxygens (including phenoxy) is 1. The summed E-state index contributed by atoms with van der Waals surface area (Å²) in [5, 5.41) is 0.575. The van der Waals surface area contributed by atoms with E-state index in [2.05, 4.69) is 12.8 Å². The average molecular weight is 194 g/mol. The molecule has 0 radical (unpaired) electrons. The Morgan fingerprint density at radius 1 is 1.77 bits per heavy atom. The van der Waals surface area contributed by atoms with Crippen LogP contribution in [0.4, 0.5) is 0 Å². The number of hydrogen-bond donors (Lipinski definition) is 0. The predicted molar refractivity (Wildman–Crippen MR) is 58.3 cm³/mol. The highest BCUT2D eigenvalue weighted by atomic mass is 32.2. The van der Waals surface area contributed by atoms with Gasteiger partial charge in [-0.05, 0) is 19.4 Å². The molecule has 1 rings (SSSR count). The molecular formula is C11H14OS. The number of allylic oxidation sites excluding steroid dienone is 2. The number of terminal acetylenes is 1. The van der Waals surface area contributed by atoms with E-state index in [1.165, 1.54) is 0 Å². The van der Waals surface area contributed by atoms with Crippen molar-refractivity contribution in [1.29, 1.82) is 0 Å². The Morgan fingerprint density at radius 2 is 2.46 bits per heavy atom. The summed E-state index contributed by atoms with van der Waals surface area (Å²) >= 11 is 1.80. The summed E-state index contributed by atoms with van der Waals surface area (Å²) in [5.74, 6) is 3.64. The topological polar surface area (TPSA) is 9.23 Å². The Morgan fingerprint density at radius 3 is 2.92 bits per heavy atom. The largest absolute Gasteiger partial charge is 0.496 e. The van der Waals surface area contributed by atoms with Gasteiger partial charge in [-0.3, -0.25) is 0 Å². The highest BCUT2D eigenvalue weighted by Gasteiger charge is 2.23. The molecule has 1 nitrogen and oxygen atoms in total. The summed E-state index contributed by atoms with van der Waals surface area (Å²) < 4.78 is 5.25. The molecule has 0 spiro atoms. The van der Waals surface area contributed by atoms with Gasteiger partial charge in [-0.2, -0.15) is 0 Å². The van der Waals surface area contributed by atoms with Gasteiger partial charge < -0.3 is 4.74 Å². The lowest BCUT2D eigenvalue weighted by Crippen LogP contribution is -1.89. The van der Waals surface area contributed by atoms with Crippen molar-refractivity contribution in [3.05, 3.63) is 22.3 Å². The van der Waals surface area contributed by atoms with Crippen LogP contribution in [0, 0.1) is 12.3 Å². The fourth-order valence-corrected chi connectivity index (χ4v) is 2.62. The number of thioether (sulfide) groups is 1. The zero-order chi connectivity index (χ0) is 9.84. The Balaban J connectivity index is 2.96. The molecule has 0 saturated heterocycles. The van der Waals surface area contributed by atoms with E-state index in [1.807, 2.05) is 13.0 Å². The second-order valence-corrected chi connectivity index (χ2v) is 4.39. The van der Waals surface area contributed by atoms with Crippen LogP contribution in [0.5, 0.6) is 0 Å². The molecule has 0 unspecified atom stereocenters. The molecule has 0 aliphatic carbocycles. The smallest absolute Gasteiger partial charge is 0.129 e. The van der Waals surface area contributed by atoms with Crippen LogP contribution in [0.3, 0.4) is 0 Å². The summed E-state index contributed by atoms with van der Waals surface area (Å²) in [6.07, 6.45) is 8.37. The third kappa shape index (κ3) is 2.10. The van der Waals surface area contributed by atoms with E-state index in [0.29, 0.717) is 5.25 Å². The quantitative estimate of drug-likeness (QED) is 0.494. The van der Waals surface area contributed by atoms with Crippen LogP contribution in [-0.2, 0) is 4.74 Å². The van der Waals surface area contributed by atoms with Crippen LogP contribution in [-0.4, -0.2) is 12.4 Å². The molecular weight excluding hydrogens is 180 g/mol. The molecule has 1 aliphatic rings. The SMILES string of the molecule is C#CC1=C(/C(=C\C)OC)S[C@H](C)C1. The average Bonchev–Trinajstić information content (AvgIpc) is 2.49. The molecule has 0 bridgehead atoms. The van der Waals surface area contributed by atoms with Gasteiger partial charge in [0.05, 0.1) is 12.0 Å². The van der Waals surface area contributed by atoms with Crippen molar-refractivity contribution in [1.82, 2.24) is 0 Å². The van der Waals surface area contributed by atoms with Crippen molar-refractivity contribution >= 4 is 11.8 Å². The first kappa shape index (κ1) is 10.3. The Hall–Kier alpha value is -0.810. The van der Waals surface area contributed by atoms with Crippen molar-refractivity contribution in [2.75, 3.05) is 7.11 Å². The van der Waals surface area contributed by atoms with Crippen molar-refractivity contribution in [2.24, 2.45) is 0 Å². The minimum atomic E-state index is 0.575. The second kappa shape index (κ2) is 4.43. The minimum absolute atomic E-state index is 0.575. The van der Waals surface area contributed by atoms with Crippen LogP contribution in [0.15, 0.2) is 22.3 Å². The molecule has 0 aromatic heterocycles. The molecule has 0 aromatic carbocycles. The standard InChI is InChI=1S/C11H14OS/c1-5-9-7-8(3)13-11(9)10(6-2)12-4/h1,6,8H,7H2,2-4H3/b10-6+/t8-/m1/s1. The first-order valence-corrected chi connectivity index (χ1v) is 5.18. The van der Waals surface area contributed by atoms with Crippen molar-refractivity contribution in [2.45, 2.75) is 25.5 Å². The second-order valence-electron chi connectivity index (χ2n) is 2.94. The molecule has 2 heteroatoms. The van der Waals surface area contributed by atoms with E-state index in [0.717, 1.165) is 22.7 Å². The maximum atomic E-state index is 5.43. The monoisotopic (exact) mass is 194 g/mol. The van der Waals surface area contributed by atoms with Crippen molar-refractivity contribution < 1.29 is 4.74 Å². The maximum absolute atomic E-state index is 5.43. The lowest BCUT2D eigenvalue weighted by Gasteiger charge is -2.06. The van der Waals surface area contributed by atoms with Crippen LogP contribution in [0.2, 0.25) is 0 Å². The first-order chi connectivity index (χ1) is 6.22. The van der Waals surface area contributed by atoms with E-state index in [4.69, 9.17) is 11.2 Å². The Bertz CT molecular complexity index is 294. The zero-order valence-electron chi connectivity index (χ0n) is 8.26. The lowest BCUT2D eigenvalue weighted by molar-refractivity contribution is 0.304. The number of rotatable bonds is 2. The van der Waals surface area contributed by atoms with Gasteiger partial charge in [-0.15, -0.1) is 18.2 Å². The molecule has 1 heterocycles. The summed E-state index contributed by atoms with van der Waals surface area (Å²) in [7, 11) is 1.68. The predicted octanol–water partition coefficient (Wildman–Crippen LogP) is 2.95. The zero-order valence-corrected chi connectivity index (χ0v) is 9.07. The van der Waals surface area contributed by atoms with E-state index in [-0.39, 0.29) is 0 Å². The fourth-order valence-electron chi connectivity index (χ4n) is 1.37. The van der Waals surface area contributed by atoms with Gasteiger partial charge in [0.15, 0.2) is 0 Å². The summed E-state index contributed by atoms with van der Waals surface area (Å²) in [6.45, 7) is 4.14. The Labute approximate surface area is 84.2 Å². The van der Waals surface area contributed by atoms with Gasteiger partial charge in [0.1, 0.15) is 5.76 Å². The van der Waals surface area contributed by atoms with Crippen LogP contribution in [0.25, 0.3) is 0 Å². The van der Waals surface area contributed by atoms with Crippen molar-refractivity contribution in [3.63, 3.8) is 0 Å². The van der Waals surface area contributed by atoms with E-state index < -0.39 is 0 Å². The van der Waals surface area contributed by atoms with Gasteiger partial charge in [-0.25, -0.2) is 0 Å². The molecule has 0 amide bonds. The minimum Gasteiger partial charge on any atom is -0.496 e. The summed E-state index contributed by atoms with van der Waals surface area (Å²) in [6, 6.07) is 0. The van der Waals surface area contributed by atoms with Gasteiger partial charge in [-0.1, -0.05) is 12.8 Å². The molecule has 0 N–H and O–H groups in total. The maximum Gasteiger partial charge on any atom is 0.129 e. The van der Waals surface area contributed by atoms with Crippen LogP contribution < -0.4 is 0 Å². The van der Waals surface area contributed by atoms with Gasteiger partial charge in [0, 0.05) is 10.8 Å². The molecule has 0 saturated carbocycles. The molecule has 70 valence electrons. The summed E-state index contributed by atoms with van der Waals surface area (Å²) in [5.41, 5.74) is 1.08. The molecule has 0 fully saturated rings. The molecule has 13 heavy (non-hydrogen) atoms. The Kier molecular flexibility index (Phi) is 3.50. The number of methoxy groups -OCH3 is 1. The lowest BCUT2D eigenvalue weighted by atomic mass is 10.1. The van der Waals surface area contributed by atoms with Crippen LogP contribution >= 0.6 is 11.8 Å². The number of hydrogen-bond acceptors (Lipinski definition) is 2. The third-order valence-electron chi connectivity index (χ3n) is 1.96. The van der Waals surface area contributed by atoms with Crippen molar-refractivity contribution in [3.8, 4) is 12.3 Å². The molecule has 1 aliphatic heterocycles. The van der Waals surface area contributed by atoms with E-state index in [9.17, 15) is 0 Å². The first-order valence-electron chi connectivity index (χ1n) is 4.30. The fraction of sp³-hybridized carbons (Fsp3) is 0.455. The highest BCUT2D eigenvalue weighted by Crippen LogP contribution is 2.41. The van der Waals surface area contributed by atoms with Gasteiger partial charge in [0.25, 0.3) is 0 Å². The van der Waals surface area contributed by atoms with Gasteiger partial charge >= 0.3 is 0 Å². The van der Waals surface area contributed by atoms with E-state index >= 15 is 0 Å². The molecule has 1 atom stereocenters. The molecule has 0 aromatic rings.